The van der Waals surface area contributed by atoms with Crippen LogP contribution in [0.3, 0.4) is 0 Å². The van der Waals surface area contributed by atoms with Crippen LogP contribution in [0.25, 0.3) is 0 Å². The lowest BCUT2D eigenvalue weighted by Gasteiger charge is -2.06. The molecule has 3 N–H and O–H groups in total. The highest BCUT2D eigenvalue weighted by molar-refractivity contribution is 7.80. The number of carbonyl (C=O) groups is 2. The summed E-state index contributed by atoms with van der Waals surface area (Å²) in [5.74, 6) is -3.35. The highest BCUT2D eigenvalue weighted by atomic mass is 32.3. The molecule has 9 heteroatoms. The first-order valence-electron chi connectivity index (χ1n) is 2.82. The number of hydrogen-bond donors (Lipinski definition) is 3. The van der Waals surface area contributed by atoms with Crippen molar-refractivity contribution >= 4 is 22.3 Å². The minimum atomic E-state index is -4.96. The maximum absolute atomic E-state index is 10.1. The summed E-state index contributed by atoms with van der Waals surface area (Å²) in [6.07, 6.45) is -3.18. The standard InChI is InChI=1S/C4H6O8S/c5-3(6)1-2(4(7)8)12-13(9,10)11/h2H,1H2,(H,5,6)(H,7,8)(H,9,10,11). The van der Waals surface area contributed by atoms with E-state index in [9.17, 15) is 18.0 Å². The van der Waals surface area contributed by atoms with Crippen molar-refractivity contribution in [3.63, 3.8) is 0 Å². The van der Waals surface area contributed by atoms with Crippen molar-refractivity contribution in [2.24, 2.45) is 0 Å². The van der Waals surface area contributed by atoms with Crippen LogP contribution in [0.5, 0.6) is 0 Å². The van der Waals surface area contributed by atoms with Gasteiger partial charge in [-0.25, -0.2) is 8.98 Å². The first-order chi connectivity index (χ1) is 5.72. The third kappa shape index (κ3) is 6.02. The van der Waals surface area contributed by atoms with Gasteiger partial charge in [0.25, 0.3) is 0 Å². The molecule has 0 amide bonds. The molecule has 76 valence electrons. The molecular formula is C4H6O8S. The lowest BCUT2D eigenvalue weighted by molar-refractivity contribution is -0.151. The zero-order chi connectivity index (χ0) is 10.6. The quantitative estimate of drug-likeness (QED) is 0.481. The van der Waals surface area contributed by atoms with E-state index in [1.165, 1.54) is 0 Å². The van der Waals surface area contributed by atoms with Gasteiger partial charge in [-0.15, -0.1) is 0 Å². The summed E-state index contributed by atoms with van der Waals surface area (Å²) < 4.78 is 31.6. The molecule has 0 aliphatic rings. The van der Waals surface area contributed by atoms with Crippen molar-refractivity contribution in [2.75, 3.05) is 0 Å². The Morgan fingerprint density at radius 2 is 1.77 bits per heavy atom. The molecule has 8 nitrogen and oxygen atoms in total. The van der Waals surface area contributed by atoms with Gasteiger partial charge in [-0.2, -0.15) is 8.42 Å². The second-order valence-electron chi connectivity index (χ2n) is 1.95. The third-order valence-electron chi connectivity index (χ3n) is 0.873. The Morgan fingerprint density at radius 1 is 1.31 bits per heavy atom. The first-order valence-corrected chi connectivity index (χ1v) is 4.19. The Hall–Kier alpha value is -1.19. The van der Waals surface area contributed by atoms with E-state index < -0.39 is 34.9 Å². The Bertz CT molecular complexity index is 302. The van der Waals surface area contributed by atoms with Crippen molar-refractivity contribution in [3.05, 3.63) is 0 Å². The Morgan fingerprint density at radius 3 is 2.00 bits per heavy atom. The summed E-state index contributed by atoms with van der Waals surface area (Å²) in [4.78, 5) is 20.1. The predicted octanol–water partition coefficient (Wildman–Crippen LogP) is -1.27. The average molecular weight is 214 g/mol. The van der Waals surface area contributed by atoms with E-state index in [0.717, 1.165) is 0 Å². The topological polar surface area (TPSA) is 138 Å². The Balaban J connectivity index is 4.45. The molecular weight excluding hydrogens is 208 g/mol. The van der Waals surface area contributed by atoms with Gasteiger partial charge in [0.15, 0.2) is 6.10 Å². The van der Waals surface area contributed by atoms with Crippen LogP contribution in [-0.4, -0.2) is 41.2 Å². The van der Waals surface area contributed by atoms with Crippen LogP contribution in [0.15, 0.2) is 0 Å². The van der Waals surface area contributed by atoms with E-state index in [2.05, 4.69) is 4.18 Å². The lowest BCUT2D eigenvalue weighted by atomic mass is 10.3. The molecule has 13 heavy (non-hydrogen) atoms. The number of hydrogen-bond acceptors (Lipinski definition) is 5. The van der Waals surface area contributed by atoms with E-state index in [1.54, 1.807) is 0 Å². The van der Waals surface area contributed by atoms with Gasteiger partial charge in [0.05, 0.1) is 6.42 Å². The highest BCUT2D eigenvalue weighted by Crippen LogP contribution is 2.02. The zero-order valence-corrected chi connectivity index (χ0v) is 6.89. The summed E-state index contributed by atoms with van der Waals surface area (Å²) in [5, 5.41) is 16.3. The van der Waals surface area contributed by atoms with Gasteiger partial charge in [-0.1, -0.05) is 0 Å². The SMILES string of the molecule is O=C(O)CC(OS(=O)(=O)O)C(=O)O. The van der Waals surface area contributed by atoms with E-state index in [0.29, 0.717) is 0 Å². The smallest absolute Gasteiger partial charge is 0.398 e. The highest BCUT2D eigenvalue weighted by Gasteiger charge is 2.26. The maximum atomic E-state index is 10.1. The second kappa shape index (κ2) is 4.16. The van der Waals surface area contributed by atoms with Gasteiger partial charge in [0.1, 0.15) is 0 Å². The minimum absolute atomic E-state index is 1.06. The van der Waals surface area contributed by atoms with Crippen LogP contribution in [0.4, 0.5) is 0 Å². The van der Waals surface area contributed by atoms with Crippen molar-refractivity contribution in [1.29, 1.82) is 0 Å². The molecule has 0 aromatic carbocycles. The molecule has 0 rings (SSSR count). The van der Waals surface area contributed by atoms with Crippen LogP contribution in [0.1, 0.15) is 6.42 Å². The van der Waals surface area contributed by atoms with E-state index >= 15 is 0 Å². The molecule has 0 aromatic heterocycles. The Kier molecular flexibility index (Phi) is 3.78. The average Bonchev–Trinajstić information content (AvgIpc) is 1.81. The molecule has 0 heterocycles. The summed E-state index contributed by atoms with van der Waals surface area (Å²) in [6, 6.07) is 0. The summed E-state index contributed by atoms with van der Waals surface area (Å²) >= 11 is 0. The molecule has 0 saturated heterocycles. The first kappa shape index (κ1) is 11.8. The van der Waals surface area contributed by atoms with Crippen LogP contribution in [-0.2, 0) is 24.2 Å². The van der Waals surface area contributed by atoms with Gasteiger partial charge < -0.3 is 10.2 Å². The van der Waals surface area contributed by atoms with Crippen LogP contribution in [0.2, 0.25) is 0 Å². The van der Waals surface area contributed by atoms with Gasteiger partial charge in [-0.3, -0.25) is 9.35 Å². The summed E-state index contributed by atoms with van der Waals surface area (Å²) in [5.41, 5.74) is 0. The van der Waals surface area contributed by atoms with Crippen LogP contribution >= 0.6 is 0 Å². The fourth-order valence-electron chi connectivity index (χ4n) is 0.468. The minimum Gasteiger partial charge on any atom is -0.481 e. The second-order valence-corrected chi connectivity index (χ2v) is 3.00. The van der Waals surface area contributed by atoms with Crippen molar-refractivity contribution in [3.8, 4) is 0 Å². The molecule has 0 aromatic rings. The predicted molar refractivity (Wildman–Crippen MR) is 36.3 cm³/mol. The fourth-order valence-corrected chi connectivity index (χ4v) is 0.912. The van der Waals surface area contributed by atoms with E-state index in [1.807, 2.05) is 0 Å². The zero-order valence-electron chi connectivity index (χ0n) is 6.08. The third-order valence-corrected chi connectivity index (χ3v) is 1.35. The maximum Gasteiger partial charge on any atom is 0.398 e. The Labute approximate surface area is 72.7 Å². The molecule has 0 aliphatic carbocycles. The monoisotopic (exact) mass is 214 g/mol. The van der Waals surface area contributed by atoms with Gasteiger partial charge in [0, 0.05) is 0 Å². The molecule has 0 bridgehead atoms. The van der Waals surface area contributed by atoms with Crippen LogP contribution < -0.4 is 0 Å². The van der Waals surface area contributed by atoms with Gasteiger partial charge >= 0.3 is 22.3 Å². The van der Waals surface area contributed by atoms with E-state index in [-0.39, 0.29) is 0 Å². The number of carboxylic acid groups (broad SMARTS) is 2. The van der Waals surface area contributed by atoms with Gasteiger partial charge in [0.2, 0.25) is 0 Å². The van der Waals surface area contributed by atoms with Gasteiger partial charge in [-0.05, 0) is 0 Å². The summed E-state index contributed by atoms with van der Waals surface area (Å²) in [7, 11) is -4.96. The molecule has 1 atom stereocenters. The molecule has 0 saturated carbocycles. The molecule has 0 fully saturated rings. The summed E-state index contributed by atoms with van der Waals surface area (Å²) in [6.45, 7) is 0. The van der Waals surface area contributed by atoms with Crippen LogP contribution in [0, 0.1) is 0 Å². The number of aliphatic carboxylic acids is 2. The normalized spacial score (nSPS) is 13.6. The lowest BCUT2D eigenvalue weighted by Crippen LogP contribution is -2.29. The van der Waals surface area contributed by atoms with Crippen molar-refractivity contribution < 1.29 is 37.0 Å². The van der Waals surface area contributed by atoms with E-state index in [4.69, 9.17) is 14.8 Å². The molecule has 1 unspecified atom stereocenters. The molecule has 0 radical (unpaired) electrons. The largest absolute Gasteiger partial charge is 0.481 e. The number of rotatable bonds is 5. The fraction of sp³-hybridized carbons (Fsp3) is 0.500. The molecule has 0 aliphatic heterocycles. The molecule has 0 spiro atoms. The van der Waals surface area contributed by atoms with Crippen molar-refractivity contribution in [2.45, 2.75) is 12.5 Å². The number of carboxylic acids is 2. The van der Waals surface area contributed by atoms with Crippen molar-refractivity contribution in [1.82, 2.24) is 0 Å².